The third-order valence-electron chi connectivity index (χ3n) is 3.18. The van der Waals surface area contributed by atoms with Gasteiger partial charge in [-0.2, -0.15) is 0 Å². The number of benzene rings is 1. The minimum atomic E-state index is -0.525. The lowest BCUT2D eigenvalue weighted by Crippen LogP contribution is -2.38. The van der Waals surface area contributed by atoms with Gasteiger partial charge in [-0.3, -0.25) is 4.79 Å². The Kier molecular flexibility index (Phi) is 6.89. The van der Waals surface area contributed by atoms with E-state index in [9.17, 15) is 9.59 Å². The van der Waals surface area contributed by atoms with Gasteiger partial charge in [-0.25, -0.2) is 4.79 Å². The van der Waals surface area contributed by atoms with Crippen LogP contribution in [-0.4, -0.2) is 30.6 Å². The van der Waals surface area contributed by atoms with Crippen molar-refractivity contribution >= 4 is 11.9 Å². The highest BCUT2D eigenvalue weighted by molar-refractivity contribution is 5.91. The van der Waals surface area contributed by atoms with E-state index in [2.05, 4.69) is 5.32 Å². The van der Waals surface area contributed by atoms with Gasteiger partial charge in [-0.15, -0.1) is 0 Å². The first-order chi connectivity index (χ1) is 10.3. The molecule has 1 N–H and O–H groups in total. The average molecular weight is 307 g/mol. The minimum absolute atomic E-state index is 0.0404. The van der Waals surface area contributed by atoms with E-state index >= 15 is 0 Å². The number of esters is 1. The van der Waals surface area contributed by atoms with Crippen LogP contribution in [0, 0.1) is 5.92 Å². The molecule has 5 heteroatoms. The van der Waals surface area contributed by atoms with E-state index in [0.29, 0.717) is 17.2 Å². The number of carbonyl (C=O) groups is 2. The van der Waals surface area contributed by atoms with Crippen molar-refractivity contribution in [1.29, 1.82) is 0 Å². The van der Waals surface area contributed by atoms with Gasteiger partial charge in [-0.05, 0) is 51.0 Å². The van der Waals surface area contributed by atoms with Crippen LogP contribution in [0.15, 0.2) is 24.3 Å². The maximum Gasteiger partial charge on any atom is 0.338 e. The summed E-state index contributed by atoms with van der Waals surface area (Å²) in [6, 6.07) is 6.69. The number of amides is 1. The van der Waals surface area contributed by atoms with Gasteiger partial charge in [0.25, 0.3) is 5.91 Å². The second-order valence-electron chi connectivity index (χ2n) is 5.87. The molecule has 0 aliphatic heterocycles. The van der Waals surface area contributed by atoms with Gasteiger partial charge < -0.3 is 14.8 Å². The summed E-state index contributed by atoms with van der Waals surface area (Å²) in [5.74, 6) is 0.195. The third-order valence-corrected chi connectivity index (χ3v) is 3.18. The highest BCUT2D eigenvalue weighted by atomic mass is 16.5. The average Bonchev–Trinajstić information content (AvgIpc) is 2.44. The van der Waals surface area contributed by atoms with E-state index < -0.39 is 5.97 Å². The number of rotatable bonds is 7. The lowest BCUT2D eigenvalue weighted by molar-refractivity contribution is -0.125. The Balaban J connectivity index is 2.46. The molecule has 122 valence electrons. The Morgan fingerprint density at radius 2 is 1.64 bits per heavy atom. The highest BCUT2D eigenvalue weighted by Gasteiger charge is 2.14. The number of hydrogen-bond donors (Lipinski definition) is 1. The molecule has 0 heterocycles. The highest BCUT2D eigenvalue weighted by Crippen LogP contribution is 2.14. The van der Waals surface area contributed by atoms with Crippen molar-refractivity contribution in [3.8, 4) is 5.75 Å². The second kappa shape index (κ2) is 8.41. The molecule has 0 aromatic heterocycles. The monoisotopic (exact) mass is 307 g/mol. The molecule has 1 amide bonds. The standard InChI is InChI=1S/C17H25NO4/c1-11(2)13(5)18-16(19)10-21-17(20)14-6-8-15(9-7-14)22-12(3)4/h6-9,11-13H,10H2,1-5H3,(H,18,19). The van der Waals surface area contributed by atoms with Crippen LogP contribution >= 0.6 is 0 Å². The van der Waals surface area contributed by atoms with Gasteiger partial charge in [0.1, 0.15) is 5.75 Å². The van der Waals surface area contributed by atoms with Crippen LogP contribution in [0.3, 0.4) is 0 Å². The molecule has 0 aliphatic rings. The van der Waals surface area contributed by atoms with E-state index in [1.165, 1.54) is 0 Å². The van der Waals surface area contributed by atoms with Gasteiger partial charge in [0.15, 0.2) is 6.61 Å². The van der Waals surface area contributed by atoms with Crippen LogP contribution in [0.4, 0.5) is 0 Å². The van der Waals surface area contributed by atoms with Crippen molar-refractivity contribution in [3.05, 3.63) is 29.8 Å². The quantitative estimate of drug-likeness (QED) is 0.787. The fraction of sp³-hybridized carbons (Fsp3) is 0.529. The zero-order valence-corrected chi connectivity index (χ0v) is 13.9. The van der Waals surface area contributed by atoms with Crippen molar-refractivity contribution in [2.24, 2.45) is 5.92 Å². The van der Waals surface area contributed by atoms with E-state index in [0.717, 1.165) is 0 Å². The smallest absolute Gasteiger partial charge is 0.338 e. The van der Waals surface area contributed by atoms with Crippen molar-refractivity contribution < 1.29 is 19.1 Å². The predicted molar refractivity (Wildman–Crippen MR) is 84.9 cm³/mol. The maximum atomic E-state index is 11.9. The SMILES string of the molecule is CC(C)Oc1ccc(C(=O)OCC(=O)NC(C)C(C)C)cc1. The van der Waals surface area contributed by atoms with E-state index in [-0.39, 0.29) is 24.7 Å². The number of hydrogen-bond acceptors (Lipinski definition) is 4. The molecule has 1 aromatic rings. The van der Waals surface area contributed by atoms with Crippen molar-refractivity contribution in [3.63, 3.8) is 0 Å². The van der Waals surface area contributed by atoms with Crippen LogP contribution in [0.25, 0.3) is 0 Å². The summed E-state index contributed by atoms with van der Waals surface area (Å²) in [7, 11) is 0. The van der Waals surface area contributed by atoms with Crippen LogP contribution < -0.4 is 10.1 Å². The summed E-state index contributed by atoms with van der Waals surface area (Å²) in [6.07, 6.45) is 0.0736. The summed E-state index contributed by atoms with van der Waals surface area (Å²) >= 11 is 0. The Labute approximate surface area is 132 Å². The second-order valence-corrected chi connectivity index (χ2v) is 5.87. The molecular weight excluding hydrogens is 282 g/mol. The van der Waals surface area contributed by atoms with Gasteiger partial charge >= 0.3 is 5.97 Å². The van der Waals surface area contributed by atoms with Crippen molar-refractivity contribution in [2.45, 2.75) is 46.8 Å². The topological polar surface area (TPSA) is 64.6 Å². The van der Waals surface area contributed by atoms with Crippen LogP contribution in [0.2, 0.25) is 0 Å². The molecule has 0 fully saturated rings. The van der Waals surface area contributed by atoms with Gasteiger partial charge in [0.2, 0.25) is 0 Å². The zero-order chi connectivity index (χ0) is 16.7. The zero-order valence-electron chi connectivity index (χ0n) is 13.9. The molecule has 0 saturated heterocycles. The lowest BCUT2D eigenvalue weighted by Gasteiger charge is -2.17. The first-order valence-corrected chi connectivity index (χ1v) is 7.52. The molecule has 1 rings (SSSR count). The van der Waals surface area contributed by atoms with Gasteiger partial charge in [-0.1, -0.05) is 13.8 Å². The van der Waals surface area contributed by atoms with Gasteiger partial charge in [0, 0.05) is 6.04 Å². The Morgan fingerprint density at radius 1 is 1.05 bits per heavy atom. The van der Waals surface area contributed by atoms with Gasteiger partial charge in [0.05, 0.1) is 11.7 Å². The molecule has 0 aliphatic carbocycles. The molecule has 1 unspecified atom stereocenters. The molecule has 5 nitrogen and oxygen atoms in total. The first kappa shape index (κ1) is 18.0. The molecule has 22 heavy (non-hydrogen) atoms. The molecule has 0 bridgehead atoms. The fourth-order valence-corrected chi connectivity index (χ4v) is 1.62. The molecule has 1 atom stereocenters. The fourth-order valence-electron chi connectivity index (χ4n) is 1.62. The first-order valence-electron chi connectivity index (χ1n) is 7.52. The summed E-state index contributed by atoms with van der Waals surface area (Å²) < 4.78 is 10.5. The van der Waals surface area contributed by atoms with Crippen LogP contribution in [0.5, 0.6) is 5.75 Å². The molecule has 0 radical (unpaired) electrons. The van der Waals surface area contributed by atoms with E-state index in [1.807, 2.05) is 34.6 Å². The molecule has 1 aromatic carbocycles. The van der Waals surface area contributed by atoms with E-state index in [4.69, 9.17) is 9.47 Å². The Morgan fingerprint density at radius 3 is 2.14 bits per heavy atom. The van der Waals surface area contributed by atoms with E-state index in [1.54, 1.807) is 24.3 Å². The lowest BCUT2D eigenvalue weighted by atomic mass is 10.1. The van der Waals surface area contributed by atoms with Crippen molar-refractivity contribution in [2.75, 3.05) is 6.61 Å². The maximum absolute atomic E-state index is 11.9. The molecular formula is C17H25NO4. The molecule has 0 spiro atoms. The summed E-state index contributed by atoms with van der Waals surface area (Å²) in [5.41, 5.74) is 0.390. The number of carbonyl (C=O) groups excluding carboxylic acids is 2. The summed E-state index contributed by atoms with van der Waals surface area (Å²) in [4.78, 5) is 23.5. The Bertz CT molecular complexity index is 494. The largest absolute Gasteiger partial charge is 0.491 e. The predicted octanol–water partition coefficient (Wildman–Crippen LogP) is 2.79. The summed E-state index contributed by atoms with van der Waals surface area (Å²) in [5, 5.41) is 2.78. The third kappa shape index (κ3) is 6.16. The Hall–Kier alpha value is -2.04. The summed E-state index contributed by atoms with van der Waals surface area (Å²) in [6.45, 7) is 9.52. The van der Waals surface area contributed by atoms with Crippen LogP contribution in [-0.2, 0) is 9.53 Å². The normalized spacial score (nSPS) is 12.1. The minimum Gasteiger partial charge on any atom is -0.491 e. The number of ether oxygens (including phenoxy) is 2. The number of nitrogens with one attached hydrogen (secondary N) is 1. The van der Waals surface area contributed by atoms with Crippen molar-refractivity contribution in [1.82, 2.24) is 5.32 Å². The molecule has 0 saturated carbocycles. The van der Waals surface area contributed by atoms with Crippen LogP contribution in [0.1, 0.15) is 45.0 Å².